The average molecular weight is 601 g/mol. The van der Waals surface area contributed by atoms with E-state index in [-0.39, 0.29) is 17.3 Å². The molecule has 0 bridgehead atoms. The molecule has 3 atom stereocenters. The van der Waals surface area contributed by atoms with Crippen molar-refractivity contribution in [2.24, 2.45) is 10.8 Å². The number of ether oxygens (including phenoxy) is 2. The van der Waals surface area contributed by atoms with Gasteiger partial charge in [-0.3, -0.25) is 14.4 Å². The van der Waals surface area contributed by atoms with Gasteiger partial charge in [-0.05, 0) is 29.8 Å². The van der Waals surface area contributed by atoms with Crippen LogP contribution in [0.5, 0.6) is 11.5 Å². The van der Waals surface area contributed by atoms with Crippen molar-refractivity contribution < 1.29 is 23.9 Å². The molecule has 40 heavy (non-hydrogen) atoms. The second kappa shape index (κ2) is 9.16. The number of nitrogens with zero attached hydrogens (tertiary/aromatic N) is 1. The molecular weight excluding hydrogens is 570 g/mol. The van der Waals surface area contributed by atoms with Crippen molar-refractivity contribution in [3.05, 3.63) is 93.5 Å². The van der Waals surface area contributed by atoms with E-state index in [9.17, 15) is 14.4 Å². The maximum atomic E-state index is 14.7. The second-order valence-electron chi connectivity index (χ2n) is 11.6. The molecule has 1 fully saturated rings. The third-order valence-corrected chi connectivity index (χ3v) is 9.04. The predicted octanol–water partition coefficient (Wildman–Crippen LogP) is 6.51. The summed E-state index contributed by atoms with van der Waals surface area (Å²) in [5, 5.41) is 0. The molecule has 1 aliphatic carbocycles. The maximum absolute atomic E-state index is 14.7. The highest BCUT2D eigenvalue weighted by Gasteiger charge is 2.72. The largest absolute Gasteiger partial charge is 0.493 e. The van der Waals surface area contributed by atoms with Gasteiger partial charge in [-0.2, -0.15) is 0 Å². The van der Waals surface area contributed by atoms with Crippen LogP contribution in [0, 0.1) is 10.8 Å². The van der Waals surface area contributed by atoms with Gasteiger partial charge in [0.15, 0.2) is 28.8 Å². The number of methoxy groups -OCH3 is 2. The summed E-state index contributed by atoms with van der Waals surface area (Å²) < 4.78 is 12.4. The maximum Gasteiger partial charge on any atom is 0.180 e. The molecule has 6 rings (SSSR count). The van der Waals surface area contributed by atoms with Crippen LogP contribution in [-0.2, 0) is 4.79 Å². The second-order valence-corrected chi connectivity index (χ2v) is 12.5. The van der Waals surface area contributed by atoms with Crippen LogP contribution in [0.2, 0.25) is 0 Å². The Balaban J connectivity index is 1.74. The van der Waals surface area contributed by atoms with Gasteiger partial charge < -0.3 is 14.4 Å². The molecule has 0 radical (unpaired) electrons. The van der Waals surface area contributed by atoms with Gasteiger partial charge in [0.2, 0.25) is 0 Å². The Morgan fingerprint density at radius 2 is 1.60 bits per heavy atom. The van der Waals surface area contributed by atoms with Crippen molar-refractivity contribution in [3.8, 4) is 11.5 Å². The molecular formula is C33H30BrNO5. The summed E-state index contributed by atoms with van der Waals surface area (Å²) in [5.41, 5.74) is 0.728. The third-order valence-electron chi connectivity index (χ3n) is 8.54. The summed E-state index contributed by atoms with van der Waals surface area (Å²) in [6.45, 7) is 5.64. The summed E-state index contributed by atoms with van der Waals surface area (Å²) in [6, 6.07) is 16.8. The van der Waals surface area contributed by atoms with Crippen molar-refractivity contribution in [1.29, 1.82) is 0 Å². The van der Waals surface area contributed by atoms with Gasteiger partial charge in [-0.25, -0.2) is 0 Å². The Kier molecular flexibility index (Phi) is 6.07. The van der Waals surface area contributed by atoms with Gasteiger partial charge in [0.25, 0.3) is 0 Å². The fourth-order valence-electron chi connectivity index (χ4n) is 6.89. The zero-order chi connectivity index (χ0) is 28.6. The van der Waals surface area contributed by atoms with Crippen LogP contribution >= 0.6 is 15.9 Å². The average Bonchev–Trinajstić information content (AvgIpc) is 3.37. The number of ketones is 3. The van der Waals surface area contributed by atoms with E-state index in [1.807, 2.05) is 68.2 Å². The minimum atomic E-state index is -1.59. The van der Waals surface area contributed by atoms with Crippen LogP contribution in [0.1, 0.15) is 58.5 Å². The minimum absolute atomic E-state index is 0.0648. The zero-order valence-corrected chi connectivity index (χ0v) is 24.6. The monoisotopic (exact) mass is 599 g/mol. The van der Waals surface area contributed by atoms with E-state index in [2.05, 4.69) is 15.9 Å². The lowest BCUT2D eigenvalue weighted by Gasteiger charge is -2.38. The van der Waals surface area contributed by atoms with E-state index in [4.69, 9.17) is 9.47 Å². The molecule has 3 aromatic carbocycles. The first-order valence-corrected chi connectivity index (χ1v) is 14.1. The third kappa shape index (κ3) is 3.43. The molecule has 3 aromatic rings. The molecule has 3 aliphatic rings. The van der Waals surface area contributed by atoms with E-state index in [0.717, 1.165) is 15.7 Å². The molecule has 2 heterocycles. The summed E-state index contributed by atoms with van der Waals surface area (Å²) in [5.74, 6) is -0.569. The summed E-state index contributed by atoms with van der Waals surface area (Å²) in [7, 11) is 3.09. The number of hydrogen-bond donors (Lipinski definition) is 0. The number of anilines is 1. The van der Waals surface area contributed by atoms with Gasteiger partial charge in [-0.15, -0.1) is 0 Å². The first kappa shape index (κ1) is 26.5. The first-order valence-electron chi connectivity index (χ1n) is 13.3. The van der Waals surface area contributed by atoms with Crippen molar-refractivity contribution in [2.45, 2.75) is 38.8 Å². The van der Waals surface area contributed by atoms with Crippen molar-refractivity contribution in [1.82, 2.24) is 0 Å². The predicted molar refractivity (Wildman–Crippen MR) is 158 cm³/mol. The Morgan fingerprint density at radius 3 is 2.20 bits per heavy atom. The van der Waals surface area contributed by atoms with Crippen LogP contribution < -0.4 is 14.4 Å². The van der Waals surface area contributed by atoms with E-state index in [0.29, 0.717) is 28.2 Å². The summed E-state index contributed by atoms with van der Waals surface area (Å²) >= 11 is 3.56. The SMILES string of the molecule is COc1cccc([C@@H]2[C@@H](C(=O)C(C)(C)C)N3c4ccc(Br)cc4C=C[C@@H]3C23C(=O)c2ccccc2C3=O)c1OC. The van der Waals surface area contributed by atoms with Crippen LogP contribution in [0.4, 0.5) is 5.69 Å². The number of carbonyl (C=O) groups is 3. The van der Waals surface area contributed by atoms with E-state index >= 15 is 0 Å². The van der Waals surface area contributed by atoms with Gasteiger partial charge in [0, 0.05) is 38.2 Å². The summed E-state index contributed by atoms with van der Waals surface area (Å²) in [6.07, 6.45) is 3.88. The molecule has 7 heteroatoms. The number of rotatable bonds is 4. The number of halogens is 1. The zero-order valence-electron chi connectivity index (χ0n) is 23.0. The van der Waals surface area contributed by atoms with Crippen LogP contribution in [0.3, 0.4) is 0 Å². The highest BCUT2D eigenvalue weighted by molar-refractivity contribution is 9.10. The fourth-order valence-corrected chi connectivity index (χ4v) is 7.27. The number of carbonyl (C=O) groups excluding carboxylic acids is 3. The van der Waals surface area contributed by atoms with Gasteiger partial charge in [0.05, 0.1) is 26.3 Å². The van der Waals surface area contributed by atoms with Gasteiger partial charge >= 0.3 is 0 Å². The van der Waals surface area contributed by atoms with E-state index < -0.39 is 28.8 Å². The molecule has 2 aliphatic heterocycles. The number of benzene rings is 3. The Bertz CT molecular complexity index is 1580. The molecule has 1 saturated heterocycles. The normalized spacial score (nSPS) is 22.2. The van der Waals surface area contributed by atoms with E-state index in [1.165, 1.54) is 7.11 Å². The minimum Gasteiger partial charge on any atom is -0.493 e. The molecule has 0 saturated carbocycles. The topological polar surface area (TPSA) is 72.9 Å². The lowest BCUT2D eigenvalue weighted by Crippen LogP contribution is -2.49. The Morgan fingerprint density at radius 1 is 0.925 bits per heavy atom. The molecule has 204 valence electrons. The highest BCUT2D eigenvalue weighted by Crippen LogP contribution is 2.62. The van der Waals surface area contributed by atoms with Crippen molar-refractivity contribution in [3.63, 3.8) is 0 Å². The molecule has 0 unspecified atom stereocenters. The number of hydrogen-bond acceptors (Lipinski definition) is 6. The van der Waals surface area contributed by atoms with Gasteiger partial charge in [0.1, 0.15) is 5.41 Å². The van der Waals surface area contributed by atoms with Crippen LogP contribution in [0.15, 0.2) is 71.2 Å². The molecule has 1 spiro atoms. The number of para-hydroxylation sites is 1. The molecule has 0 aromatic heterocycles. The van der Waals surface area contributed by atoms with Crippen LogP contribution in [-0.4, -0.2) is 43.7 Å². The smallest absolute Gasteiger partial charge is 0.180 e. The van der Waals surface area contributed by atoms with Crippen LogP contribution in [0.25, 0.3) is 6.08 Å². The quantitative estimate of drug-likeness (QED) is 0.318. The molecule has 0 N–H and O–H groups in total. The van der Waals surface area contributed by atoms with Crippen molar-refractivity contribution >= 4 is 45.0 Å². The van der Waals surface area contributed by atoms with Crippen molar-refractivity contribution in [2.75, 3.05) is 19.1 Å². The standard InChI is InChI=1S/C33H30BrNO5/c1-32(2,3)31(38)27-26(22-11-8-12-24(39-4)28(22)40-5)33(29(36)20-9-6-7-10-21(20)30(33)37)25-16-13-18-17-19(34)14-15-23(18)35(25)27/h6-17,25-27H,1-5H3/t25-,26-,27+/m1/s1. The fraction of sp³-hybridized carbons (Fsp3) is 0.303. The van der Waals surface area contributed by atoms with Gasteiger partial charge in [-0.1, -0.05) is 85.3 Å². The molecule has 0 amide bonds. The van der Waals surface area contributed by atoms with E-state index in [1.54, 1.807) is 37.4 Å². The first-order chi connectivity index (χ1) is 19.1. The summed E-state index contributed by atoms with van der Waals surface area (Å²) in [4.78, 5) is 46.1. The Hall–Kier alpha value is -3.71. The number of fused-ring (bicyclic) bond motifs is 5. The molecule has 6 nitrogen and oxygen atoms in total. The number of Topliss-reactive ketones (excluding diaryl/α,β-unsaturated/α-hetero) is 3. The Labute approximate surface area is 242 Å². The highest BCUT2D eigenvalue weighted by atomic mass is 79.9. The lowest BCUT2D eigenvalue weighted by molar-refractivity contribution is -0.127. The lowest BCUT2D eigenvalue weighted by atomic mass is 9.63.